The summed E-state index contributed by atoms with van der Waals surface area (Å²) < 4.78 is 0. The van der Waals surface area contributed by atoms with Crippen molar-refractivity contribution in [1.82, 2.24) is 5.32 Å². The molecular weight excluding hydrogens is 230 g/mol. The minimum absolute atomic E-state index is 0.00512. The van der Waals surface area contributed by atoms with E-state index in [1.54, 1.807) is 36.4 Å². The molecule has 0 aromatic heterocycles. The van der Waals surface area contributed by atoms with E-state index >= 15 is 0 Å². The zero-order valence-electron chi connectivity index (χ0n) is 9.47. The van der Waals surface area contributed by atoms with E-state index in [2.05, 4.69) is 10.6 Å². The van der Waals surface area contributed by atoms with Gasteiger partial charge in [0.2, 0.25) is 0 Å². The van der Waals surface area contributed by atoms with Crippen LogP contribution in [0.3, 0.4) is 0 Å². The van der Waals surface area contributed by atoms with E-state index in [-0.39, 0.29) is 5.57 Å². The summed E-state index contributed by atoms with van der Waals surface area (Å²) in [5.41, 5.74) is 6.57. The predicted octanol–water partition coefficient (Wildman–Crippen LogP) is 1.20. The first-order valence-electron chi connectivity index (χ1n) is 5.05. The summed E-state index contributed by atoms with van der Waals surface area (Å²) in [4.78, 5) is 10.5. The molecule has 0 spiro atoms. The van der Waals surface area contributed by atoms with Crippen molar-refractivity contribution in [2.75, 3.05) is 5.32 Å². The third-order valence-corrected chi connectivity index (χ3v) is 2.04. The zero-order chi connectivity index (χ0) is 13.4. The molecule has 0 aliphatic rings. The fraction of sp³-hybridized carbons (Fsp3) is 0.0833. The number of nitrogens with zero attached hydrogens (tertiary/aromatic N) is 2. The Balaban J connectivity index is 2.61. The van der Waals surface area contributed by atoms with Gasteiger partial charge in [0.25, 0.3) is 0 Å². The number of carbonyl (C=O) groups excluding carboxylic acids is 1. The second-order valence-electron chi connectivity index (χ2n) is 3.34. The normalized spacial score (nSPS) is 8.56. The van der Waals surface area contributed by atoms with Crippen LogP contribution in [0, 0.1) is 22.7 Å². The Labute approximate surface area is 104 Å². The number of amides is 2. The van der Waals surface area contributed by atoms with Crippen LogP contribution in [0.15, 0.2) is 36.0 Å². The summed E-state index contributed by atoms with van der Waals surface area (Å²) >= 11 is 0. The molecule has 18 heavy (non-hydrogen) atoms. The van der Waals surface area contributed by atoms with E-state index in [1.807, 2.05) is 0 Å². The number of anilines is 1. The Hall–Kier alpha value is -2.99. The topological polar surface area (TPSA) is 115 Å². The molecule has 0 aliphatic heterocycles. The molecule has 1 aromatic rings. The quantitative estimate of drug-likeness (QED) is 0.687. The van der Waals surface area contributed by atoms with Crippen LogP contribution in [0.4, 0.5) is 10.5 Å². The summed E-state index contributed by atoms with van der Waals surface area (Å²) in [7, 11) is 0. The van der Waals surface area contributed by atoms with Crippen LogP contribution >= 0.6 is 0 Å². The number of rotatable bonds is 4. The second kappa shape index (κ2) is 6.56. The lowest BCUT2D eigenvalue weighted by Crippen LogP contribution is -2.28. The first-order valence-corrected chi connectivity index (χ1v) is 5.05. The summed E-state index contributed by atoms with van der Waals surface area (Å²) in [6, 6.07) is 10.0. The lowest BCUT2D eigenvalue weighted by molar-refractivity contribution is 0.248. The minimum Gasteiger partial charge on any atom is -0.360 e. The SMILES string of the molecule is N#CC(C#N)=CNc1ccc(CNC(N)=O)cc1. The molecule has 0 atom stereocenters. The maximum absolute atomic E-state index is 10.5. The fourth-order valence-corrected chi connectivity index (χ4v) is 1.15. The number of nitrogens with two attached hydrogens (primary N) is 1. The Morgan fingerprint density at radius 3 is 2.39 bits per heavy atom. The van der Waals surface area contributed by atoms with Gasteiger partial charge in [0.1, 0.15) is 17.7 Å². The summed E-state index contributed by atoms with van der Waals surface area (Å²) in [5.74, 6) is 0. The van der Waals surface area contributed by atoms with Crippen LogP contribution < -0.4 is 16.4 Å². The van der Waals surface area contributed by atoms with E-state index in [1.165, 1.54) is 6.20 Å². The molecule has 0 radical (unpaired) electrons. The molecule has 0 saturated carbocycles. The first kappa shape index (κ1) is 13.1. The highest BCUT2D eigenvalue weighted by Gasteiger charge is 1.96. The molecule has 0 saturated heterocycles. The number of hydrogen-bond acceptors (Lipinski definition) is 4. The van der Waals surface area contributed by atoms with E-state index < -0.39 is 6.03 Å². The summed E-state index contributed by atoms with van der Waals surface area (Å²) in [6.07, 6.45) is 1.33. The third kappa shape index (κ3) is 4.25. The number of primary amides is 1. The number of nitriles is 2. The summed E-state index contributed by atoms with van der Waals surface area (Å²) in [6.45, 7) is 0.354. The number of carbonyl (C=O) groups is 1. The van der Waals surface area contributed by atoms with Gasteiger partial charge in [-0.1, -0.05) is 12.1 Å². The van der Waals surface area contributed by atoms with Crippen molar-refractivity contribution in [2.24, 2.45) is 5.73 Å². The molecular formula is C12H11N5O. The van der Waals surface area contributed by atoms with Crippen LogP contribution in [0.5, 0.6) is 0 Å². The molecule has 4 N–H and O–H groups in total. The van der Waals surface area contributed by atoms with Crippen LogP contribution in [-0.4, -0.2) is 6.03 Å². The van der Waals surface area contributed by atoms with E-state index in [0.717, 1.165) is 11.3 Å². The molecule has 0 bridgehead atoms. The monoisotopic (exact) mass is 241 g/mol. The number of nitrogens with one attached hydrogen (secondary N) is 2. The molecule has 2 amide bonds. The molecule has 0 heterocycles. The van der Waals surface area contributed by atoms with Crippen LogP contribution in [0.2, 0.25) is 0 Å². The van der Waals surface area contributed by atoms with Gasteiger partial charge >= 0.3 is 6.03 Å². The van der Waals surface area contributed by atoms with Gasteiger partial charge in [-0.25, -0.2) is 4.79 Å². The highest BCUT2D eigenvalue weighted by atomic mass is 16.2. The van der Waals surface area contributed by atoms with Crippen molar-refractivity contribution < 1.29 is 4.79 Å². The van der Waals surface area contributed by atoms with E-state index in [9.17, 15) is 4.79 Å². The summed E-state index contributed by atoms with van der Waals surface area (Å²) in [5, 5.41) is 22.4. The second-order valence-corrected chi connectivity index (χ2v) is 3.34. The maximum Gasteiger partial charge on any atom is 0.312 e. The maximum atomic E-state index is 10.5. The third-order valence-electron chi connectivity index (χ3n) is 2.04. The highest BCUT2D eigenvalue weighted by Crippen LogP contribution is 2.09. The van der Waals surface area contributed by atoms with Gasteiger partial charge < -0.3 is 16.4 Å². The standard InChI is InChI=1S/C12H11N5O/c13-5-10(6-14)8-16-11-3-1-9(2-4-11)7-17-12(15)18/h1-4,8,16H,7H2,(H3,15,17,18). The number of urea groups is 1. The molecule has 0 fully saturated rings. The molecule has 6 nitrogen and oxygen atoms in total. The van der Waals surface area contributed by atoms with Crippen molar-refractivity contribution in [3.8, 4) is 12.1 Å². The van der Waals surface area contributed by atoms with Gasteiger partial charge in [0.15, 0.2) is 0 Å². The largest absolute Gasteiger partial charge is 0.360 e. The van der Waals surface area contributed by atoms with Gasteiger partial charge in [-0.3, -0.25) is 0 Å². The number of hydrogen-bond donors (Lipinski definition) is 3. The molecule has 6 heteroatoms. The molecule has 0 aliphatic carbocycles. The van der Waals surface area contributed by atoms with E-state index in [4.69, 9.17) is 16.3 Å². The van der Waals surface area contributed by atoms with Gasteiger partial charge in [0, 0.05) is 18.4 Å². The Kier molecular flexibility index (Phi) is 4.77. The number of benzene rings is 1. The lowest BCUT2D eigenvalue weighted by Gasteiger charge is -2.04. The Morgan fingerprint density at radius 1 is 1.28 bits per heavy atom. The molecule has 90 valence electrons. The average molecular weight is 241 g/mol. The molecule has 1 rings (SSSR count). The zero-order valence-corrected chi connectivity index (χ0v) is 9.47. The fourth-order valence-electron chi connectivity index (χ4n) is 1.15. The van der Waals surface area contributed by atoms with Gasteiger partial charge in [-0.05, 0) is 17.7 Å². The van der Waals surface area contributed by atoms with Crippen molar-refractivity contribution in [2.45, 2.75) is 6.54 Å². The van der Waals surface area contributed by atoms with Crippen molar-refractivity contribution in [3.05, 3.63) is 41.6 Å². The lowest BCUT2D eigenvalue weighted by atomic mass is 10.2. The van der Waals surface area contributed by atoms with Gasteiger partial charge in [-0.15, -0.1) is 0 Å². The van der Waals surface area contributed by atoms with Gasteiger partial charge in [-0.2, -0.15) is 10.5 Å². The van der Waals surface area contributed by atoms with Crippen molar-refractivity contribution >= 4 is 11.7 Å². The van der Waals surface area contributed by atoms with Gasteiger partial charge in [0.05, 0.1) is 0 Å². The van der Waals surface area contributed by atoms with Crippen molar-refractivity contribution in [1.29, 1.82) is 10.5 Å². The van der Waals surface area contributed by atoms with Crippen LogP contribution in [-0.2, 0) is 6.54 Å². The predicted molar refractivity (Wildman–Crippen MR) is 65.8 cm³/mol. The Bertz CT molecular complexity index is 517. The molecule has 0 unspecified atom stereocenters. The smallest absolute Gasteiger partial charge is 0.312 e. The molecule has 1 aromatic carbocycles. The van der Waals surface area contributed by atoms with Crippen LogP contribution in [0.1, 0.15) is 5.56 Å². The number of allylic oxidation sites excluding steroid dienone is 1. The highest BCUT2D eigenvalue weighted by molar-refractivity contribution is 5.71. The van der Waals surface area contributed by atoms with Crippen molar-refractivity contribution in [3.63, 3.8) is 0 Å². The Morgan fingerprint density at radius 2 is 1.89 bits per heavy atom. The minimum atomic E-state index is -0.576. The first-order chi connectivity index (χ1) is 8.65. The van der Waals surface area contributed by atoms with Crippen LogP contribution in [0.25, 0.3) is 0 Å². The average Bonchev–Trinajstić information content (AvgIpc) is 2.39. The van der Waals surface area contributed by atoms with E-state index in [0.29, 0.717) is 6.54 Å².